The van der Waals surface area contributed by atoms with Crippen LogP contribution >= 0.6 is 0 Å². The van der Waals surface area contributed by atoms with Crippen LogP contribution in [0.25, 0.3) is 0 Å². The van der Waals surface area contributed by atoms with E-state index in [0.29, 0.717) is 12.0 Å². The Morgan fingerprint density at radius 2 is 2.00 bits per heavy atom. The van der Waals surface area contributed by atoms with Gasteiger partial charge in [-0.25, -0.2) is 0 Å². The molecular formula is C17H29NO. The molecule has 0 amide bonds. The number of aliphatic hydroxyl groups excluding tert-OH is 1. The lowest BCUT2D eigenvalue weighted by Gasteiger charge is -2.35. The summed E-state index contributed by atoms with van der Waals surface area (Å²) in [5.41, 5.74) is 4.05. The van der Waals surface area contributed by atoms with Crippen LogP contribution in [-0.4, -0.2) is 9.67 Å². The van der Waals surface area contributed by atoms with E-state index in [9.17, 15) is 5.11 Å². The van der Waals surface area contributed by atoms with E-state index in [1.165, 1.54) is 23.4 Å². The first-order valence-electron chi connectivity index (χ1n) is 7.60. The number of hydrogen-bond donors (Lipinski definition) is 1. The summed E-state index contributed by atoms with van der Waals surface area (Å²) >= 11 is 0. The smallest absolute Gasteiger partial charge is 0.0812 e. The molecule has 19 heavy (non-hydrogen) atoms. The monoisotopic (exact) mass is 263 g/mol. The molecule has 0 radical (unpaired) electrons. The molecule has 0 saturated heterocycles. The summed E-state index contributed by atoms with van der Waals surface area (Å²) in [7, 11) is 0. The van der Waals surface area contributed by atoms with Crippen molar-refractivity contribution in [3.8, 4) is 0 Å². The van der Waals surface area contributed by atoms with Gasteiger partial charge in [-0.3, -0.25) is 0 Å². The van der Waals surface area contributed by atoms with Gasteiger partial charge in [-0.2, -0.15) is 0 Å². The minimum absolute atomic E-state index is 0.201. The quantitative estimate of drug-likeness (QED) is 0.858. The predicted octanol–water partition coefficient (Wildman–Crippen LogP) is 4.41. The van der Waals surface area contributed by atoms with E-state index in [4.69, 9.17) is 0 Å². The Labute approximate surface area is 117 Å². The second kappa shape index (κ2) is 4.97. The fourth-order valence-electron chi connectivity index (χ4n) is 3.77. The van der Waals surface area contributed by atoms with Gasteiger partial charge in [0.25, 0.3) is 0 Å². The third kappa shape index (κ3) is 2.89. The first kappa shape index (κ1) is 14.6. The Morgan fingerprint density at radius 1 is 1.37 bits per heavy atom. The van der Waals surface area contributed by atoms with E-state index in [0.717, 1.165) is 12.8 Å². The number of aromatic nitrogens is 1. The highest BCUT2D eigenvalue weighted by Crippen LogP contribution is 2.43. The molecule has 1 aromatic rings. The van der Waals surface area contributed by atoms with Gasteiger partial charge in [0.15, 0.2) is 0 Å². The summed E-state index contributed by atoms with van der Waals surface area (Å²) in [5, 5.41) is 10.4. The van der Waals surface area contributed by atoms with Gasteiger partial charge >= 0.3 is 0 Å². The molecule has 2 nitrogen and oxygen atoms in total. The number of rotatable bonds is 3. The molecule has 1 N–H and O–H groups in total. The molecule has 0 aromatic carbocycles. The highest BCUT2D eigenvalue weighted by molar-refractivity contribution is 5.33. The lowest BCUT2D eigenvalue weighted by molar-refractivity contribution is 0.0974. The third-order valence-electron chi connectivity index (χ3n) is 4.37. The van der Waals surface area contributed by atoms with Gasteiger partial charge in [0.1, 0.15) is 0 Å². The van der Waals surface area contributed by atoms with Crippen LogP contribution in [0.1, 0.15) is 76.6 Å². The van der Waals surface area contributed by atoms with Crippen LogP contribution in [-0.2, 0) is 6.42 Å². The van der Waals surface area contributed by atoms with Crippen molar-refractivity contribution in [2.45, 2.75) is 73.0 Å². The maximum absolute atomic E-state index is 10.4. The van der Waals surface area contributed by atoms with E-state index in [1.807, 2.05) is 0 Å². The van der Waals surface area contributed by atoms with Gasteiger partial charge in [-0.1, -0.05) is 27.7 Å². The average molecular weight is 263 g/mol. The molecule has 0 fully saturated rings. The molecule has 1 heterocycles. The van der Waals surface area contributed by atoms with Crippen molar-refractivity contribution in [3.05, 3.63) is 23.0 Å². The summed E-state index contributed by atoms with van der Waals surface area (Å²) in [6.07, 6.45) is 2.86. The molecule has 2 atom stereocenters. The van der Waals surface area contributed by atoms with Crippen LogP contribution in [0.15, 0.2) is 6.07 Å². The number of aryl methyl sites for hydroxylation is 1. The highest BCUT2D eigenvalue weighted by atomic mass is 16.3. The summed E-state index contributed by atoms with van der Waals surface area (Å²) in [6.45, 7) is 13.6. The van der Waals surface area contributed by atoms with E-state index < -0.39 is 0 Å². The van der Waals surface area contributed by atoms with Crippen LogP contribution in [0.5, 0.6) is 0 Å². The van der Waals surface area contributed by atoms with E-state index in [2.05, 4.69) is 52.2 Å². The van der Waals surface area contributed by atoms with Crippen molar-refractivity contribution in [1.29, 1.82) is 0 Å². The van der Waals surface area contributed by atoms with Crippen LogP contribution in [0.2, 0.25) is 0 Å². The van der Waals surface area contributed by atoms with Crippen molar-refractivity contribution >= 4 is 0 Å². The second-order valence-electron chi connectivity index (χ2n) is 7.60. The van der Waals surface area contributed by atoms with Crippen LogP contribution in [0, 0.1) is 18.3 Å². The van der Waals surface area contributed by atoms with Crippen LogP contribution in [0.3, 0.4) is 0 Å². The Balaban J connectivity index is 2.41. The number of fused-ring (bicyclic) bond motifs is 1. The highest BCUT2D eigenvalue weighted by Gasteiger charge is 2.34. The molecular weight excluding hydrogens is 234 g/mol. The Kier molecular flexibility index (Phi) is 3.83. The minimum Gasteiger partial charge on any atom is -0.388 e. The predicted molar refractivity (Wildman–Crippen MR) is 80.4 cm³/mol. The maximum Gasteiger partial charge on any atom is 0.0812 e. The molecule has 108 valence electrons. The van der Waals surface area contributed by atoms with E-state index in [1.54, 1.807) is 0 Å². The molecule has 2 heteroatoms. The Morgan fingerprint density at radius 3 is 2.58 bits per heavy atom. The molecule has 1 aliphatic rings. The van der Waals surface area contributed by atoms with Crippen molar-refractivity contribution in [2.24, 2.45) is 11.3 Å². The minimum atomic E-state index is -0.287. The van der Waals surface area contributed by atoms with Crippen molar-refractivity contribution in [2.75, 3.05) is 0 Å². The zero-order valence-electron chi connectivity index (χ0n) is 13.3. The van der Waals surface area contributed by atoms with Gasteiger partial charge in [0.2, 0.25) is 0 Å². The molecule has 0 spiro atoms. The van der Waals surface area contributed by atoms with E-state index >= 15 is 0 Å². The first-order valence-corrected chi connectivity index (χ1v) is 7.60. The van der Waals surface area contributed by atoms with Crippen LogP contribution in [0.4, 0.5) is 0 Å². The largest absolute Gasteiger partial charge is 0.388 e. The zero-order valence-corrected chi connectivity index (χ0v) is 13.3. The van der Waals surface area contributed by atoms with Crippen molar-refractivity contribution < 1.29 is 5.11 Å². The Bertz CT molecular complexity index is 456. The van der Waals surface area contributed by atoms with Crippen LogP contribution < -0.4 is 0 Å². The number of hydrogen-bond acceptors (Lipinski definition) is 1. The average Bonchev–Trinajstić information content (AvgIpc) is 2.52. The van der Waals surface area contributed by atoms with Gasteiger partial charge in [-0.05, 0) is 50.5 Å². The summed E-state index contributed by atoms with van der Waals surface area (Å²) in [5.74, 6) is 0.703. The topological polar surface area (TPSA) is 25.2 Å². The summed E-state index contributed by atoms with van der Waals surface area (Å²) in [4.78, 5) is 0. The lowest BCUT2D eigenvalue weighted by Crippen LogP contribution is -2.27. The SMILES string of the molecule is Cc1cc2c(n1C(C)CC(C)C)CC(C)(C)CC2O. The second-order valence-corrected chi connectivity index (χ2v) is 7.60. The molecule has 0 saturated carbocycles. The molecule has 1 aliphatic carbocycles. The summed E-state index contributed by atoms with van der Waals surface area (Å²) in [6, 6.07) is 2.72. The fraction of sp³-hybridized carbons (Fsp3) is 0.765. The van der Waals surface area contributed by atoms with Gasteiger partial charge < -0.3 is 9.67 Å². The normalized spacial score (nSPS) is 23.5. The lowest BCUT2D eigenvalue weighted by atomic mass is 9.75. The standard InChI is InChI=1S/C17H29NO/c1-11(2)7-12(3)18-13(4)8-14-15(18)9-17(5,6)10-16(14)19/h8,11-12,16,19H,7,9-10H2,1-6H3. The number of nitrogens with zero attached hydrogens (tertiary/aromatic N) is 1. The fourth-order valence-corrected chi connectivity index (χ4v) is 3.77. The third-order valence-corrected chi connectivity index (χ3v) is 4.37. The van der Waals surface area contributed by atoms with E-state index in [-0.39, 0.29) is 11.5 Å². The number of aliphatic hydroxyl groups is 1. The molecule has 1 aromatic heterocycles. The van der Waals surface area contributed by atoms with Gasteiger partial charge in [-0.15, -0.1) is 0 Å². The van der Waals surface area contributed by atoms with Gasteiger partial charge in [0.05, 0.1) is 6.10 Å². The molecule has 0 aliphatic heterocycles. The van der Waals surface area contributed by atoms with Crippen molar-refractivity contribution in [3.63, 3.8) is 0 Å². The molecule has 2 unspecified atom stereocenters. The summed E-state index contributed by atoms with van der Waals surface area (Å²) < 4.78 is 2.47. The molecule has 0 bridgehead atoms. The molecule has 2 rings (SSSR count). The Hall–Kier alpha value is -0.760. The zero-order chi connectivity index (χ0) is 14.4. The first-order chi connectivity index (χ1) is 8.71. The maximum atomic E-state index is 10.4. The van der Waals surface area contributed by atoms with Gasteiger partial charge in [0, 0.05) is 23.0 Å². The van der Waals surface area contributed by atoms with Crippen molar-refractivity contribution in [1.82, 2.24) is 4.57 Å².